The lowest BCUT2D eigenvalue weighted by Crippen LogP contribution is -2.46. The van der Waals surface area contributed by atoms with E-state index in [1.807, 2.05) is 13.8 Å². The second kappa shape index (κ2) is 9.17. The molecule has 25 heavy (non-hydrogen) atoms. The lowest BCUT2D eigenvalue weighted by atomic mass is 9.96. The zero-order valence-electron chi connectivity index (χ0n) is 16.0. The molecule has 7 nitrogen and oxygen atoms in total. The van der Waals surface area contributed by atoms with Gasteiger partial charge in [0.15, 0.2) is 0 Å². The van der Waals surface area contributed by atoms with Crippen LogP contribution in [-0.4, -0.2) is 46.1 Å². The van der Waals surface area contributed by atoms with E-state index in [1.54, 1.807) is 31.2 Å². The Balaban J connectivity index is 2.91. The van der Waals surface area contributed by atoms with Gasteiger partial charge in [-0.25, -0.2) is 10.3 Å². The van der Waals surface area contributed by atoms with Gasteiger partial charge in [-0.2, -0.15) is 0 Å². The van der Waals surface area contributed by atoms with Crippen molar-refractivity contribution in [3.63, 3.8) is 0 Å². The van der Waals surface area contributed by atoms with Gasteiger partial charge in [-0.1, -0.05) is 26.7 Å². The molecule has 2 amide bonds. The Morgan fingerprint density at radius 2 is 1.96 bits per heavy atom. The lowest BCUT2D eigenvalue weighted by Gasteiger charge is -2.30. The molecule has 0 aromatic heterocycles. The Labute approximate surface area is 150 Å². The van der Waals surface area contributed by atoms with Crippen molar-refractivity contribution in [3.05, 3.63) is 0 Å². The number of nitrogens with one attached hydrogen (secondary N) is 1. The molecule has 0 radical (unpaired) electrons. The molecule has 7 heteroatoms. The van der Waals surface area contributed by atoms with Crippen molar-refractivity contribution in [2.45, 2.75) is 78.4 Å². The Hall–Kier alpha value is -1.63. The number of nitrogens with zero attached hydrogens (tertiary/aromatic N) is 1. The molecule has 144 valence electrons. The van der Waals surface area contributed by atoms with Gasteiger partial charge in [0.05, 0.1) is 0 Å². The summed E-state index contributed by atoms with van der Waals surface area (Å²) < 4.78 is 5.46. The largest absolute Gasteiger partial charge is 0.458 e. The summed E-state index contributed by atoms with van der Waals surface area (Å²) in [5, 5.41) is 8.77. The van der Waals surface area contributed by atoms with Crippen molar-refractivity contribution in [2.75, 3.05) is 6.54 Å². The van der Waals surface area contributed by atoms with E-state index in [4.69, 9.17) is 9.94 Å². The minimum Gasteiger partial charge on any atom is -0.458 e. The highest BCUT2D eigenvalue weighted by molar-refractivity contribution is 5.89. The first-order chi connectivity index (χ1) is 11.6. The third-order valence-electron chi connectivity index (χ3n) is 4.28. The molecule has 1 saturated heterocycles. The molecule has 1 fully saturated rings. The topological polar surface area (TPSA) is 95.9 Å². The Bertz CT molecular complexity index is 486. The monoisotopic (exact) mass is 356 g/mol. The standard InChI is InChI=1S/C18H32N2O5/c1-6-7-8-13(10-15(21)19-24)16(22)20-11-12(2)9-14(20)17(23)25-18(3,4)5/h12-14,24H,6-11H2,1-5H3,(H,19,21)/t12-,13-,14+/m1/s1. The summed E-state index contributed by atoms with van der Waals surface area (Å²) in [5.74, 6) is -1.54. The molecular formula is C18H32N2O5. The van der Waals surface area contributed by atoms with Crippen molar-refractivity contribution < 1.29 is 24.3 Å². The Morgan fingerprint density at radius 3 is 2.48 bits per heavy atom. The van der Waals surface area contributed by atoms with Crippen LogP contribution in [0.25, 0.3) is 0 Å². The van der Waals surface area contributed by atoms with Gasteiger partial charge in [-0.3, -0.25) is 14.8 Å². The van der Waals surface area contributed by atoms with Crippen LogP contribution >= 0.6 is 0 Å². The maximum Gasteiger partial charge on any atom is 0.329 e. The summed E-state index contributed by atoms with van der Waals surface area (Å²) in [5.41, 5.74) is 0.975. The predicted molar refractivity (Wildman–Crippen MR) is 92.7 cm³/mol. The fourth-order valence-corrected chi connectivity index (χ4v) is 3.15. The van der Waals surface area contributed by atoms with Crippen LogP contribution in [0.1, 0.15) is 66.7 Å². The van der Waals surface area contributed by atoms with Crippen LogP contribution < -0.4 is 5.48 Å². The molecule has 0 bridgehead atoms. The van der Waals surface area contributed by atoms with Gasteiger partial charge in [0.25, 0.3) is 0 Å². The van der Waals surface area contributed by atoms with Crippen molar-refractivity contribution in [3.8, 4) is 0 Å². The number of likely N-dealkylation sites (tertiary alicyclic amines) is 1. The van der Waals surface area contributed by atoms with Crippen molar-refractivity contribution >= 4 is 17.8 Å². The average molecular weight is 356 g/mol. The first kappa shape index (κ1) is 21.4. The third-order valence-corrected chi connectivity index (χ3v) is 4.28. The molecule has 0 aromatic carbocycles. The molecular weight excluding hydrogens is 324 g/mol. The van der Waals surface area contributed by atoms with Crippen molar-refractivity contribution in [1.29, 1.82) is 0 Å². The minimum absolute atomic E-state index is 0.0821. The van der Waals surface area contributed by atoms with Crippen LogP contribution in [0.15, 0.2) is 0 Å². The maximum atomic E-state index is 13.0. The van der Waals surface area contributed by atoms with E-state index < -0.39 is 29.4 Å². The van der Waals surface area contributed by atoms with Crippen LogP contribution in [0.2, 0.25) is 0 Å². The van der Waals surface area contributed by atoms with Crippen LogP contribution in [0.4, 0.5) is 0 Å². The minimum atomic E-state index is -0.615. The van der Waals surface area contributed by atoms with Gasteiger partial charge in [0.2, 0.25) is 11.8 Å². The number of carbonyl (C=O) groups is 3. The molecule has 1 aliphatic heterocycles. The number of carbonyl (C=O) groups excluding carboxylic acids is 3. The molecule has 3 atom stereocenters. The summed E-state index contributed by atoms with van der Waals surface area (Å²) in [4.78, 5) is 38.6. The quantitative estimate of drug-likeness (QED) is 0.414. The Morgan fingerprint density at radius 1 is 1.32 bits per heavy atom. The Kier molecular flexibility index (Phi) is 7.86. The number of hydrogen-bond donors (Lipinski definition) is 2. The van der Waals surface area contributed by atoms with Gasteiger partial charge in [0.1, 0.15) is 11.6 Å². The number of ether oxygens (including phenoxy) is 1. The molecule has 0 unspecified atom stereocenters. The molecule has 0 aliphatic carbocycles. The fraction of sp³-hybridized carbons (Fsp3) is 0.833. The smallest absolute Gasteiger partial charge is 0.329 e. The van der Waals surface area contributed by atoms with Gasteiger partial charge < -0.3 is 9.64 Å². The van der Waals surface area contributed by atoms with E-state index in [9.17, 15) is 14.4 Å². The number of unbranched alkanes of at least 4 members (excludes halogenated alkanes) is 1. The number of rotatable bonds is 7. The number of esters is 1. The lowest BCUT2D eigenvalue weighted by molar-refractivity contribution is -0.164. The van der Waals surface area contributed by atoms with E-state index in [1.165, 1.54) is 0 Å². The predicted octanol–water partition coefficient (Wildman–Crippen LogP) is 2.27. The molecule has 0 aromatic rings. The van der Waals surface area contributed by atoms with Crippen LogP contribution in [0.5, 0.6) is 0 Å². The first-order valence-electron chi connectivity index (χ1n) is 9.05. The zero-order valence-corrected chi connectivity index (χ0v) is 16.0. The first-order valence-corrected chi connectivity index (χ1v) is 9.05. The fourth-order valence-electron chi connectivity index (χ4n) is 3.15. The van der Waals surface area contributed by atoms with E-state index >= 15 is 0 Å². The van der Waals surface area contributed by atoms with Crippen molar-refractivity contribution in [2.24, 2.45) is 11.8 Å². The second-order valence-corrected chi connectivity index (χ2v) is 7.96. The summed E-state index contributed by atoms with van der Waals surface area (Å²) in [7, 11) is 0. The normalized spacial score (nSPS) is 21.8. The second-order valence-electron chi connectivity index (χ2n) is 7.96. The van der Waals surface area contributed by atoms with Crippen LogP contribution in [0, 0.1) is 11.8 Å². The van der Waals surface area contributed by atoms with Gasteiger partial charge in [-0.15, -0.1) is 0 Å². The molecule has 1 aliphatic rings. The van der Waals surface area contributed by atoms with Crippen molar-refractivity contribution in [1.82, 2.24) is 10.4 Å². The average Bonchev–Trinajstić information content (AvgIpc) is 2.90. The molecule has 0 spiro atoms. The van der Waals surface area contributed by atoms with E-state index in [2.05, 4.69) is 0 Å². The number of hydroxylamine groups is 1. The molecule has 1 heterocycles. The SMILES string of the molecule is CCCC[C@H](CC(=O)NO)C(=O)N1C[C@H](C)C[C@H]1C(=O)OC(C)(C)C. The van der Waals surface area contributed by atoms with Crippen LogP contribution in [-0.2, 0) is 19.1 Å². The van der Waals surface area contributed by atoms with Gasteiger partial charge in [0, 0.05) is 18.9 Å². The highest BCUT2D eigenvalue weighted by Crippen LogP contribution is 2.29. The maximum absolute atomic E-state index is 13.0. The molecule has 0 saturated carbocycles. The molecule has 2 N–H and O–H groups in total. The summed E-state index contributed by atoms with van der Waals surface area (Å²) in [6.45, 7) is 9.87. The zero-order chi connectivity index (χ0) is 19.2. The third kappa shape index (κ3) is 6.65. The number of hydrogen-bond acceptors (Lipinski definition) is 5. The number of amides is 2. The highest BCUT2D eigenvalue weighted by atomic mass is 16.6. The summed E-state index contributed by atoms with van der Waals surface area (Å²) in [6.07, 6.45) is 2.73. The molecule has 1 rings (SSSR count). The van der Waals surface area contributed by atoms with Gasteiger partial charge >= 0.3 is 5.97 Å². The van der Waals surface area contributed by atoms with E-state index in [-0.39, 0.29) is 18.2 Å². The highest BCUT2D eigenvalue weighted by Gasteiger charge is 2.42. The van der Waals surface area contributed by atoms with Crippen LogP contribution in [0.3, 0.4) is 0 Å². The summed E-state index contributed by atoms with van der Waals surface area (Å²) in [6, 6.07) is -0.608. The van der Waals surface area contributed by atoms with Gasteiger partial charge in [-0.05, 0) is 39.5 Å². The van der Waals surface area contributed by atoms with E-state index in [0.717, 1.165) is 12.8 Å². The van der Waals surface area contributed by atoms with E-state index in [0.29, 0.717) is 19.4 Å². The summed E-state index contributed by atoms with van der Waals surface area (Å²) >= 11 is 0.